The van der Waals surface area contributed by atoms with Crippen molar-refractivity contribution >= 4 is 33.3 Å². The van der Waals surface area contributed by atoms with Crippen LogP contribution in [0.15, 0.2) is 64.5 Å². The number of pyridine rings is 1. The first-order valence-corrected chi connectivity index (χ1v) is 10.2. The number of imidazole rings is 1. The lowest BCUT2D eigenvalue weighted by atomic mass is 10.3. The Hall–Kier alpha value is -2.32. The first-order valence-electron chi connectivity index (χ1n) is 8.47. The SMILES string of the molecule is CC(Oc1ccc(Br)cc1)c1nnc(SCc2cn3ccccc3n2)n1C. The van der Waals surface area contributed by atoms with Gasteiger partial charge in [0.1, 0.15) is 11.4 Å². The lowest BCUT2D eigenvalue weighted by Crippen LogP contribution is -2.10. The molecule has 0 radical (unpaired) electrons. The van der Waals surface area contributed by atoms with E-state index in [9.17, 15) is 0 Å². The maximum absolute atomic E-state index is 5.98. The average Bonchev–Trinajstić information content (AvgIpc) is 3.25. The molecular formula is C19H18BrN5OS. The largest absolute Gasteiger partial charge is 0.483 e. The van der Waals surface area contributed by atoms with Gasteiger partial charge in [-0.25, -0.2) is 4.98 Å². The standard InChI is InChI=1S/C19H18BrN5OS/c1-13(26-16-8-6-14(20)7-9-16)18-22-23-19(24(18)2)27-12-15-11-25-10-4-3-5-17(25)21-15/h3-11,13H,12H2,1-2H3. The molecule has 0 fully saturated rings. The zero-order chi connectivity index (χ0) is 18.8. The molecular weight excluding hydrogens is 426 g/mol. The van der Waals surface area contributed by atoms with E-state index in [1.807, 2.05) is 77.8 Å². The maximum Gasteiger partial charge on any atom is 0.191 e. The fourth-order valence-electron chi connectivity index (χ4n) is 2.77. The highest BCUT2D eigenvalue weighted by Gasteiger charge is 2.17. The van der Waals surface area contributed by atoms with E-state index < -0.39 is 0 Å². The summed E-state index contributed by atoms with van der Waals surface area (Å²) in [5, 5.41) is 9.47. The van der Waals surface area contributed by atoms with E-state index in [2.05, 4.69) is 31.1 Å². The minimum absolute atomic E-state index is 0.201. The molecule has 0 aliphatic rings. The molecule has 1 aromatic carbocycles. The molecule has 1 atom stereocenters. The molecule has 0 aliphatic carbocycles. The third-order valence-corrected chi connectivity index (χ3v) is 5.70. The molecule has 138 valence electrons. The van der Waals surface area contributed by atoms with Crippen LogP contribution < -0.4 is 4.74 Å². The summed E-state index contributed by atoms with van der Waals surface area (Å²) in [7, 11) is 1.96. The Morgan fingerprint density at radius 3 is 2.74 bits per heavy atom. The summed E-state index contributed by atoms with van der Waals surface area (Å²) in [5.41, 5.74) is 1.96. The number of fused-ring (bicyclic) bond motifs is 1. The molecule has 3 aromatic heterocycles. The van der Waals surface area contributed by atoms with Gasteiger partial charge >= 0.3 is 0 Å². The third kappa shape index (κ3) is 4.01. The van der Waals surface area contributed by atoms with Gasteiger partial charge in [-0.15, -0.1) is 10.2 Å². The highest BCUT2D eigenvalue weighted by atomic mass is 79.9. The molecule has 27 heavy (non-hydrogen) atoms. The van der Waals surface area contributed by atoms with Crippen LogP contribution in [0, 0.1) is 0 Å². The fourth-order valence-corrected chi connectivity index (χ4v) is 3.84. The predicted octanol–water partition coefficient (Wildman–Crippen LogP) is 4.66. The number of hydrogen-bond acceptors (Lipinski definition) is 5. The van der Waals surface area contributed by atoms with Crippen LogP contribution in [0.1, 0.15) is 24.5 Å². The molecule has 6 nitrogen and oxygen atoms in total. The normalized spacial score (nSPS) is 12.4. The number of ether oxygens (including phenoxy) is 1. The second-order valence-electron chi connectivity index (χ2n) is 6.10. The van der Waals surface area contributed by atoms with E-state index in [4.69, 9.17) is 4.74 Å². The molecule has 8 heteroatoms. The Morgan fingerprint density at radius 2 is 1.96 bits per heavy atom. The van der Waals surface area contributed by atoms with Gasteiger partial charge in [0, 0.05) is 29.7 Å². The summed E-state index contributed by atoms with van der Waals surface area (Å²) >= 11 is 5.04. The second-order valence-corrected chi connectivity index (χ2v) is 7.96. The Morgan fingerprint density at radius 1 is 1.15 bits per heavy atom. The smallest absolute Gasteiger partial charge is 0.191 e. The van der Waals surface area contributed by atoms with Crippen LogP contribution in [0.2, 0.25) is 0 Å². The van der Waals surface area contributed by atoms with E-state index in [0.717, 1.165) is 38.3 Å². The Kier molecular flexibility index (Phi) is 5.18. The third-order valence-electron chi connectivity index (χ3n) is 4.12. The van der Waals surface area contributed by atoms with Crippen LogP contribution in [-0.4, -0.2) is 24.1 Å². The van der Waals surface area contributed by atoms with E-state index in [1.54, 1.807) is 11.8 Å². The molecule has 0 aliphatic heterocycles. The highest BCUT2D eigenvalue weighted by Crippen LogP contribution is 2.26. The van der Waals surface area contributed by atoms with Crippen molar-refractivity contribution in [2.45, 2.75) is 23.9 Å². The summed E-state index contributed by atoms with van der Waals surface area (Å²) in [6.45, 7) is 1.97. The van der Waals surface area contributed by atoms with Crippen LogP contribution in [-0.2, 0) is 12.8 Å². The van der Waals surface area contributed by atoms with Crippen molar-refractivity contribution in [1.82, 2.24) is 24.1 Å². The number of benzene rings is 1. The van der Waals surface area contributed by atoms with Gasteiger partial charge in [-0.2, -0.15) is 0 Å². The van der Waals surface area contributed by atoms with E-state index >= 15 is 0 Å². The van der Waals surface area contributed by atoms with Crippen molar-refractivity contribution in [3.8, 4) is 5.75 Å². The Balaban J connectivity index is 1.44. The average molecular weight is 444 g/mol. The van der Waals surface area contributed by atoms with Gasteiger partial charge in [0.05, 0.1) is 5.69 Å². The van der Waals surface area contributed by atoms with Crippen molar-refractivity contribution in [1.29, 1.82) is 0 Å². The Bertz CT molecular complexity index is 1030. The van der Waals surface area contributed by atoms with Crippen molar-refractivity contribution in [3.63, 3.8) is 0 Å². The zero-order valence-electron chi connectivity index (χ0n) is 14.9. The molecule has 4 rings (SSSR count). The van der Waals surface area contributed by atoms with E-state index in [1.165, 1.54) is 0 Å². The number of halogens is 1. The monoisotopic (exact) mass is 443 g/mol. The number of aromatic nitrogens is 5. The molecule has 0 bridgehead atoms. The molecule has 4 aromatic rings. The van der Waals surface area contributed by atoms with Gasteiger partial charge in [-0.05, 0) is 43.3 Å². The molecule has 0 saturated heterocycles. The second kappa shape index (κ2) is 7.74. The number of nitrogens with zero attached hydrogens (tertiary/aromatic N) is 5. The quantitative estimate of drug-likeness (QED) is 0.405. The lowest BCUT2D eigenvalue weighted by molar-refractivity contribution is 0.211. The van der Waals surface area contributed by atoms with Crippen molar-refractivity contribution < 1.29 is 4.74 Å². The molecule has 1 unspecified atom stereocenters. The van der Waals surface area contributed by atoms with Crippen LogP contribution in [0.3, 0.4) is 0 Å². The maximum atomic E-state index is 5.98. The minimum Gasteiger partial charge on any atom is -0.483 e. The van der Waals surface area contributed by atoms with Gasteiger partial charge in [-0.1, -0.05) is 33.8 Å². The first-order chi connectivity index (χ1) is 13.1. The van der Waals surface area contributed by atoms with Crippen LogP contribution in [0.5, 0.6) is 5.75 Å². The van der Waals surface area contributed by atoms with Gasteiger partial charge in [0.15, 0.2) is 17.1 Å². The highest BCUT2D eigenvalue weighted by molar-refractivity contribution is 9.10. The van der Waals surface area contributed by atoms with Crippen LogP contribution >= 0.6 is 27.7 Å². The molecule has 0 N–H and O–H groups in total. The van der Waals surface area contributed by atoms with Crippen molar-refractivity contribution in [3.05, 3.63) is 70.8 Å². The molecule has 0 amide bonds. The fraction of sp³-hybridized carbons (Fsp3) is 0.211. The minimum atomic E-state index is -0.201. The predicted molar refractivity (Wildman–Crippen MR) is 109 cm³/mol. The van der Waals surface area contributed by atoms with Crippen molar-refractivity contribution in [2.24, 2.45) is 7.05 Å². The number of hydrogen-bond donors (Lipinski definition) is 0. The number of rotatable bonds is 6. The molecule has 0 saturated carbocycles. The Labute approximate surface area is 169 Å². The lowest BCUT2D eigenvalue weighted by Gasteiger charge is -2.14. The van der Waals surface area contributed by atoms with Crippen molar-refractivity contribution in [2.75, 3.05) is 0 Å². The van der Waals surface area contributed by atoms with Gasteiger partial charge in [0.25, 0.3) is 0 Å². The summed E-state index contributed by atoms with van der Waals surface area (Å²) in [4.78, 5) is 4.62. The van der Waals surface area contributed by atoms with Gasteiger partial charge in [0.2, 0.25) is 0 Å². The van der Waals surface area contributed by atoms with E-state index in [-0.39, 0.29) is 6.10 Å². The number of thioether (sulfide) groups is 1. The summed E-state index contributed by atoms with van der Waals surface area (Å²) in [6.07, 6.45) is 3.84. The molecule has 0 spiro atoms. The zero-order valence-corrected chi connectivity index (χ0v) is 17.3. The van der Waals surface area contributed by atoms with E-state index in [0.29, 0.717) is 0 Å². The van der Waals surface area contributed by atoms with Gasteiger partial charge in [-0.3, -0.25) is 0 Å². The first kappa shape index (κ1) is 18.1. The van der Waals surface area contributed by atoms with Gasteiger partial charge < -0.3 is 13.7 Å². The summed E-state index contributed by atoms with van der Waals surface area (Å²) in [5.74, 6) is 2.32. The topological polar surface area (TPSA) is 57.2 Å². The molecule has 3 heterocycles. The summed E-state index contributed by atoms with van der Waals surface area (Å²) < 4.78 is 11.0. The summed E-state index contributed by atoms with van der Waals surface area (Å²) in [6, 6.07) is 13.7. The van der Waals surface area contributed by atoms with Crippen LogP contribution in [0.4, 0.5) is 0 Å². The van der Waals surface area contributed by atoms with Crippen LogP contribution in [0.25, 0.3) is 5.65 Å².